The van der Waals surface area contributed by atoms with E-state index in [-0.39, 0.29) is 5.57 Å². The number of hydrogen-bond acceptors (Lipinski definition) is 9. The predicted octanol–water partition coefficient (Wildman–Crippen LogP) is 0.304. The summed E-state index contributed by atoms with van der Waals surface area (Å²) in [7, 11) is 0. The Morgan fingerprint density at radius 2 is 1.81 bits per heavy atom. The van der Waals surface area contributed by atoms with Gasteiger partial charge in [-0.1, -0.05) is 49.9 Å². The van der Waals surface area contributed by atoms with Gasteiger partial charge in [0.1, 0.15) is 29.5 Å². The number of aliphatic hydroxyl groups excluding tert-OH is 3. The molecule has 36 heavy (non-hydrogen) atoms. The Morgan fingerprint density at radius 1 is 1.11 bits per heavy atom. The lowest BCUT2D eigenvalue weighted by molar-refractivity contribution is -0.440. The zero-order chi connectivity index (χ0) is 25.6. The van der Waals surface area contributed by atoms with E-state index in [2.05, 4.69) is 6.58 Å². The summed E-state index contributed by atoms with van der Waals surface area (Å²) < 4.78 is 26.1. The Kier molecular flexibility index (Phi) is 4.21. The highest BCUT2D eigenvalue weighted by Gasteiger charge is 2.90. The van der Waals surface area contributed by atoms with Crippen LogP contribution in [-0.2, 0) is 29.7 Å². The number of benzene rings is 1. The van der Waals surface area contributed by atoms with E-state index in [1.165, 1.54) is 0 Å². The number of rotatable bonds is 3. The van der Waals surface area contributed by atoms with Crippen molar-refractivity contribution >= 4 is 5.78 Å². The van der Waals surface area contributed by atoms with Crippen molar-refractivity contribution in [3.8, 4) is 0 Å². The van der Waals surface area contributed by atoms with Gasteiger partial charge < -0.3 is 39.4 Å². The summed E-state index contributed by atoms with van der Waals surface area (Å²) in [6, 6.07) is 9.03. The van der Waals surface area contributed by atoms with Crippen molar-refractivity contribution in [1.82, 2.24) is 0 Å². The summed E-state index contributed by atoms with van der Waals surface area (Å²) in [5, 5.41) is 45.9. The SMILES string of the molecule is C=C(C)C12OC3(c4ccccc4)OC1C1C4OC4(CO)C(O)C4(O)C(=O)C(C)=CC4C1(O3)C(C)C2O. The van der Waals surface area contributed by atoms with Crippen LogP contribution in [0.25, 0.3) is 0 Å². The van der Waals surface area contributed by atoms with Crippen molar-refractivity contribution in [3.63, 3.8) is 0 Å². The van der Waals surface area contributed by atoms with Crippen LogP contribution in [0.1, 0.15) is 26.3 Å². The molecule has 1 aromatic carbocycles. The lowest BCUT2D eigenvalue weighted by atomic mass is 9.53. The molecule has 3 saturated heterocycles. The van der Waals surface area contributed by atoms with E-state index in [1.54, 1.807) is 39.0 Å². The molecule has 12 atom stereocenters. The smallest absolute Gasteiger partial charge is 0.314 e. The molecule has 3 bridgehead atoms. The van der Waals surface area contributed by atoms with E-state index in [9.17, 15) is 25.2 Å². The summed E-state index contributed by atoms with van der Waals surface area (Å²) in [6.45, 7) is 8.64. The molecule has 3 heterocycles. The molecule has 3 aliphatic heterocycles. The van der Waals surface area contributed by atoms with E-state index in [1.807, 2.05) is 18.2 Å². The molecule has 5 fully saturated rings. The fourth-order valence-corrected chi connectivity index (χ4v) is 8.15. The Hall–Kier alpha value is -1.95. The van der Waals surface area contributed by atoms with E-state index in [4.69, 9.17) is 18.9 Å². The maximum atomic E-state index is 13.5. The van der Waals surface area contributed by atoms with Crippen molar-refractivity contribution in [1.29, 1.82) is 0 Å². The van der Waals surface area contributed by atoms with Gasteiger partial charge in [-0.15, -0.1) is 0 Å². The van der Waals surface area contributed by atoms with Gasteiger partial charge in [0.15, 0.2) is 11.4 Å². The van der Waals surface area contributed by atoms with E-state index in [0.29, 0.717) is 11.1 Å². The Balaban J connectivity index is 1.56. The Bertz CT molecular complexity index is 1230. The van der Waals surface area contributed by atoms with Crippen molar-refractivity contribution in [3.05, 3.63) is 59.7 Å². The Labute approximate surface area is 207 Å². The molecule has 0 aromatic heterocycles. The van der Waals surface area contributed by atoms with Crippen molar-refractivity contribution in [2.45, 2.75) is 73.6 Å². The summed E-state index contributed by atoms with van der Waals surface area (Å²) in [5.74, 6) is -4.94. The third-order valence-corrected chi connectivity index (χ3v) is 9.91. The third-order valence-electron chi connectivity index (χ3n) is 9.91. The molecule has 9 nitrogen and oxygen atoms in total. The van der Waals surface area contributed by atoms with Crippen LogP contribution in [0, 0.1) is 17.8 Å². The highest BCUT2D eigenvalue weighted by Crippen LogP contribution is 2.73. The van der Waals surface area contributed by atoms with Crippen LogP contribution in [-0.4, -0.2) is 79.6 Å². The van der Waals surface area contributed by atoms with E-state index < -0.39 is 82.9 Å². The summed E-state index contributed by atoms with van der Waals surface area (Å²) in [6.07, 6.45) is -2.99. The summed E-state index contributed by atoms with van der Waals surface area (Å²) in [4.78, 5) is 13.5. The highest BCUT2D eigenvalue weighted by molar-refractivity contribution is 6.05. The van der Waals surface area contributed by atoms with Gasteiger partial charge in [-0.05, 0) is 25.0 Å². The van der Waals surface area contributed by atoms with Gasteiger partial charge in [0.25, 0.3) is 0 Å². The molecule has 4 N–H and O–H groups in total. The second-order valence-electron chi connectivity index (χ2n) is 11.4. The number of epoxide rings is 1. The van der Waals surface area contributed by atoms with Crippen LogP contribution >= 0.6 is 0 Å². The molecule has 1 aromatic rings. The average Bonchev–Trinajstić information content (AvgIpc) is 3.49. The lowest BCUT2D eigenvalue weighted by Crippen LogP contribution is -2.76. The molecule has 0 radical (unpaired) electrons. The minimum atomic E-state index is -2.35. The topological polar surface area (TPSA) is 138 Å². The average molecular weight is 499 g/mol. The minimum Gasteiger partial charge on any atom is -0.393 e. The van der Waals surface area contributed by atoms with Crippen molar-refractivity contribution < 1.29 is 44.2 Å². The predicted molar refractivity (Wildman–Crippen MR) is 122 cm³/mol. The first-order chi connectivity index (χ1) is 17.0. The van der Waals surface area contributed by atoms with Crippen LogP contribution in [0.5, 0.6) is 0 Å². The van der Waals surface area contributed by atoms with Gasteiger partial charge in [-0.2, -0.15) is 0 Å². The maximum Gasteiger partial charge on any atom is 0.314 e. The molecule has 6 aliphatic rings. The molecular weight excluding hydrogens is 468 g/mol. The Morgan fingerprint density at radius 3 is 2.44 bits per heavy atom. The zero-order valence-electron chi connectivity index (χ0n) is 20.2. The minimum absolute atomic E-state index is 0.261. The summed E-state index contributed by atoms with van der Waals surface area (Å²) in [5.41, 5.74) is -5.48. The molecular formula is C27H30O9. The third kappa shape index (κ3) is 2.11. The zero-order valence-corrected chi connectivity index (χ0v) is 20.2. The number of carbonyl (C=O) groups excluding carboxylic acids is 1. The molecule has 12 unspecified atom stereocenters. The molecule has 7 rings (SSSR count). The first kappa shape index (κ1) is 23.2. The number of ketones is 1. The number of Topliss-reactive ketones (excluding diaryl/α,β-unsaturated/α-hetero) is 1. The van der Waals surface area contributed by atoms with Gasteiger partial charge in [-0.3, -0.25) is 4.79 Å². The lowest BCUT2D eigenvalue weighted by Gasteiger charge is -2.61. The number of ether oxygens (including phenoxy) is 4. The molecule has 2 saturated carbocycles. The quantitative estimate of drug-likeness (QED) is 0.342. The fourth-order valence-electron chi connectivity index (χ4n) is 8.15. The van der Waals surface area contributed by atoms with Gasteiger partial charge >= 0.3 is 5.97 Å². The number of carbonyl (C=O) groups is 1. The van der Waals surface area contributed by atoms with Crippen LogP contribution in [0.2, 0.25) is 0 Å². The second kappa shape index (κ2) is 6.54. The van der Waals surface area contributed by atoms with Crippen LogP contribution < -0.4 is 0 Å². The maximum absolute atomic E-state index is 13.5. The first-order valence-electron chi connectivity index (χ1n) is 12.4. The van der Waals surface area contributed by atoms with Crippen molar-refractivity contribution in [2.75, 3.05) is 6.61 Å². The van der Waals surface area contributed by atoms with Gasteiger partial charge in [-0.25, -0.2) is 0 Å². The first-order valence-corrected chi connectivity index (χ1v) is 12.4. The summed E-state index contributed by atoms with van der Waals surface area (Å²) >= 11 is 0. The van der Waals surface area contributed by atoms with E-state index >= 15 is 0 Å². The number of hydrogen-bond donors (Lipinski definition) is 4. The van der Waals surface area contributed by atoms with Crippen molar-refractivity contribution in [2.24, 2.45) is 17.8 Å². The fraction of sp³-hybridized carbons (Fsp3) is 0.593. The normalized spacial score (nSPS) is 55.9. The van der Waals surface area contributed by atoms with Crippen LogP contribution in [0.15, 0.2) is 54.1 Å². The van der Waals surface area contributed by atoms with Gasteiger partial charge in [0.2, 0.25) is 0 Å². The van der Waals surface area contributed by atoms with E-state index in [0.717, 1.165) is 0 Å². The van der Waals surface area contributed by atoms with Crippen LogP contribution in [0.4, 0.5) is 0 Å². The molecule has 0 amide bonds. The van der Waals surface area contributed by atoms with Gasteiger partial charge in [0.05, 0.1) is 18.3 Å². The second-order valence-corrected chi connectivity index (χ2v) is 11.4. The molecule has 0 spiro atoms. The molecule has 9 heteroatoms. The number of aliphatic hydroxyl groups is 4. The number of fused-ring (bicyclic) bond motifs is 3. The standard InChI is InChI=1S/C27H30O9/c1-12(2)25-19(30)14(4)26-16-10-13(3)18(29)24(16,32)22(31)23(11-28)20(33-23)17(26)21(25)34-27(35-25,36-26)15-8-6-5-7-9-15/h5-10,14,16-17,19-22,28,30-32H,1,11H2,2-4H3. The largest absolute Gasteiger partial charge is 0.393 e. The highest BCUT2D eigenvalue weighted by atomic mass is 16.9. The van der Waals surface area contributed by atoms with Gasteiger partial charge in [0, 0.05) is 23.3 Å². The monoisotopic (exact) mass is 498 g/mol. The molecule has 192 valence electrons. The van der Waals surface area contributed by atoms with Crippen LogP contribution in [0.3, 0.4) is 0 Å². The molecule has 3 aliphatic carbocycles.